The number of rotatable bonds is 0. The molecule has 2 unspecified atom stereocenters. The molecule has 0 aromatic heterocycles. The second-order valence-electron chi connectivity index (χ2n) is 3.37. The molecule has 0 N–H and O–H groups in total. The summed E-state index contributed by atoms with van der Waals surface area (Å²) < 4.78 is 22.5. The smallest absolute Gasteiger partial charge is 0.154 e. The summed E-state index contributed by atoms with van der Waals surface area (Å²) in [5.41, 5.74) is 0. The van der Waals surface area contributed by atoms with Crippen LogP contribution in [0.4, 0.5) is 0 Å². The van der Waals surface area contributed by atoms with Gasteiger partial charge in [-0.15, -0.1) is 11.6 Å². The maximum Gasteiger partial charge on any atom is 0.154 e. The van der Waals surface area contributed by atoms with E-state index in [1.165, 1.54) is 0 Å². The van der Waals surface area contributed by atoms with E-state index in [-0.39, 0.29) is 16.4 Å². The highest BCUT2D eigenvalue weighted by Crippen LogP contribution is 2.27. The molecule has 0 saturated carbocycles. The fourth-order valence-electron chi connectivity index (χ4n) is 1.37. The van der Waals surface area contributed by atoms with Crippen molar-refractivity contribution in [2.75, 3.05) is 5.75 Å². The Hall–Kier alpha value is 0.240. The molecule has 1 saturated heterocycles. The highest BCUT2D eigenvalue weighted by atomic mass is 35.5. The lowest BCUT2D eigenvalue weighted by Gasteiger charge is -2.28. The molecule has 0 aromatic carbocycles. The van der Waals surface area contributed by atoms with E-state index in [0.717, 1.165) is 0 Å². The molecule has 0 bridgehead atoms. The molecule has 1 aliphatic heterocycles. The van der Waals surface area contributed by atoms with Crippen LogP contribution in [0.2, 0.25) is 0 Å². The van der Waals surface area contributed by atoms with Crippen molar-refractivity contribution >= 4 is 21.4 Å². The summed E-state index contributed by atoms with van der Waals surface area (Å²) in [6, 6.07) is 0. The SMILES string of the molecule is CC1CC(C)S(=O)(=O)C[C@H]1Cl. The first-order valence-corrected chi connectivity index (χ1v) is 5.94. The summed E-state index contributed by atoms with van der Waals surface area (Å²) in [6.07, 6.45) is 0.705. The third-order valence-electron chi connectivity index (χ3n) is 2.33. The van der Waals surface area contributed by atoms with Crippen molar-refractivity contribution in [3.8, 4) is 0 Å². The van der Waals surface area contributed by atoms with Crippen molar-refractivity contribution in [3.05, 3.63) is 0 Å². The first-order chi connectivity index (χ1) is 4.93. The Morgan fingerprint density at radius 3 is 2.36 bits per heavy atom. The average Bonchev–Trinajstić information content (AvgIpc) is 1.83. The number of sulfone groups is 1. The van der Waals surface area contributed by atoms with Crippen LogP contribution in [0.1, 0.15) is 20.3 Å². The molecule has 1 fully saturated rings. The Morgan fingerprint density at radius 2 is 1.91 bits per heavy atom. The fourth-order valence-corrected chi connectivity index (χ4v) is 3.70. The summed E-state index contributed by atoms with van der Waals surface area (Å²) in [5, 5.41) is -0.385. The van der Waals surface area contributed by atoms with Crippen LogP contribution in [0.3, 0.4) is 0 Å². The summed E-state index contributed by atoms with van der Waals surface area (Å²) in [4.78, 5) is 0. The highest BCUT2D eigenvalue weighted by molar-refractivity contribution is 7.92. The lowest BCUT2D eigenvalue weighted by molar-refractivity contribution is 0.470. The van der Waals surface area contributed by atoms with Crippen LogP contribution in [0, 0.1) is 5.92 Å². The van der Waals surface area contributed by atoms with Crippen LogP contribution in [-0.4, -0.2) is 24.8 Å². The van der Waals surface area contributed by atoms with Crippen LogP contribution < -0.4 is 0 Å². The number of halogens is 1. The molecule has 1 rings (SSSR count). The number of hydrogen-bond acceptors (Lipinski definition) is 2. The van der Waals surface area contributed by atoms with E-state index >= 15 is 0 Å². The van der Waals surface area contributed by atoms with Crippen molar-refractivity contribution in [1.29, 1.82) is 0 Å². The molecular weight excluding hydrogens is 184 g/mol. The van der Waals surface area contributed by atoms with Gasteiger partial charge >= 0.3 is 0 Å². The van der Waals surface area contributed by atoms with E-state index in [0.29, 0.717) is 12.3 Å². The van der Waals surface area contributed by atoms with Gasteiger partial charge in [-0.1, -0.05) is 6.92 Å². The molecule has 0 aromatic rings. The van der Waals surface area contributed by atoms with E-state index in [1.54, 1.807) is 6.92 Å². The Bertz CT molecular complexity index is 235. The monoisotopic (exact) mass is 196 g/mol. The number of hydrogen-bond donors (Lipinski definition) is 0. The van der Waals surface area contributed by atoms with Crippen molar-refractivity contribution in [2.24, 2.45) is 5.92 Å². The normalized spacial score (nSPS) is 43.7. The fraction of sp³-hybridized carbons (Fsp3) is 1.00. The molecule has 4 heteroatoms. The lowest BCUT2D eigenvalue weighted by atomic mass is 10.0. The molecule has 3 atom stereocenters. The molecule has 0 aliphatic carbocycles. The van der Waals surface area contributed by atoms with Gasteiger partial charge in [0.05, 0.1) is 16.4 Å². The second-order valence-corrected chi connectivity index (χ2v) is 6.39. The van der Waals surface area contributed by atoms with Gasteiger partial charge in [0, 0.05) is 0 Å². The van der Waals surface area contributed by atoms with E-state index < -0.39 is 9.84 Å². The molecule has 11 heavy (non-hydrogen) atoms. The van der Waals surface area contributed by atoms with Gasteiger partial charge in [-0.2, -0.15) is 0 Å². The third kappa shape index (κ3) is 1.88. The average molecular weight is 197 g/mol. The lowest BCUT2D eigenvalue weighted by Crippen LogP contribution is -2.37. The molecule has 2 nitrogen and oxygen atoms in total. The minimum absolute atomic E-state index is 0.150. The summed E-state index contributed by atoms with van der Waals surface area (Å²) in [5.74, 6) is 0.479. The zero-order chi connectivity index (χ0) is 8.65. The Balaban J connectivity index is 2.79. The van der Waals surface area contributed by atoms with Crippen LogP contribution in [0.15, 0.2) is 0 Å². The Labute approximate surface area is 72.9 Å². The third-order valence-corrected chi connectivity index (χ3v) is 5.34. The van der Waals surface area contributed by atoms with Gasteiger partial charge in [-0.25, -0.2) is 8.42 Å². The van der Waals surface area contributed by atoms with Crippen molar-refractivity contribution in [2.45, 2.75) is 30.9 Å². The zero-order valence-electron chi connectivity index (χ0n) is 6.75. The maximum atomic E-state index is 11.3. The predicted molar refractivity (Wildman–Crippen MR) is 46.7 cm³/mol. The summed E-state index contributed by atoms with van der Waals surface area (Å²) >= 11 is 5.84. The molecule has 1 aliphatic rings. The second kappa shape index (κ2) is 2.94. The predicted octanol–water partition coefficient (Wildman–Crippen LogP) is 1.44. The molecule has 66 valence electrons. The summed E-state index contributed by atoms with van der Waals surface area (Å²) in [7, 11) is -2.88. The minimum Gasteiger partial charge on any atom is -0.229 e. The van der Waals surface area contributed by atoms with E-state index in [4.69, 9.17) is 11.6 Å². The van der Waals surface area contributed by atoms with Crippen LogP contribution in [0.5, 0.6) is 0 Å². The van der Waals surface area contributed by atoms with Crippen molar-refractivity contribution < 1.29 is 8.42 Å². The standard InChI is InChI=1S/C7H13ClO2S/c1-5-3-6(2)11(9,10)4-7(5)8/h5-7H,3-4H2,1-2H3/t5?,6?,7-/m1/s1. The van der Waals surface area contributed by atoms with Crippen molar-refractivity contribution in [3.63, 3.8) is 0 Å². The highest BCUT2D eigenvalue weighted by Gasteiger charge is 2.34. The van der Waals surface area contributed by atoms with Gasteiger partial charge in [-0.05, 0) is 19.3 Å². The Morgan fingerprint density at radius 1 is 1.36 bits per heavy atom. The largest absolute Gasteiger partial charge is 0.229 e. The Kier molecular flexibility index (Phi) is 2.49. The van der Waals surface area contributed by atoms with Gasteiger partial charge < -0.3 is 0 Å². The van der Waals surface area contributed by atoms with Gasteiger partial charge in [-0.3, -0.25) is 0 Å². The van der Waals surface area contributed by atoms with Gasteiger partial charge in [0.2, 0.25) is 0 Å². The molecule has 0 amide bonds. The molecule has 1 heterocycles. The molecule has 0 spiro atoms. The summed E-state index contributed by atoms with van der Waals surface area (Å²) in [6.45, 7) is 3.76. The molecular formula is C7H13ClO2S. The topological polar surface area (TPSA) is 34.1 Å². The first kappa shape index (κ1) is 9.33. The van der Waals surface area contributed by atoms with Crippen LogP contribution >= 0.6 is 11.6 Å². The van der Waals surface area contributed by atoms with E-state index in [9.17, 15) is 8.42 Å². The van der Waals surface area contributed by atoms with Gasteiger partial charge in [0.15, 0.2) is 9.84 Å². The van der Waals surface area contributed by atoms with Gasteiger partial charge in [0.25, 0.3) is 0 Å². The number of alkyl halides is 1. The van der Waals surface area contributed by atoms with Crippen LogP contribution in [0.25, 0.3) is 0 Å². The van der Waals surface area contributed by atoms with Crippen molar-refractivity contribution in [1.82, 2.24) is 0 Å². The quantitative estimate of drug-likeness (QED) is 0.550. The van der Waals surface area contributed by atoms with Crippen LogP contribution in [-0.2, 0) is 9.84 Å². The first-order valence-electron chi connectivity index (χ1n) is 3.79. The molecule has 0 radical (unpaired) electrons. The maximum absolute atomic E-state index is 11.3. The van der Waals surface area contributed by atoms with E-state index in [1.807, 2.05) is 6.92 Å². The minimum atomic E-state index is -2.88. The van der Waals surface area contributed by atoms with E-state index in [2.05, 4.69) is 0 Å². The van der Waals surface area contributed by atoms with Gasteiger partial charge in [0.1, 0.15) is 0 Å². The zero-order valence-corrected chi connectivity index (χ0v) is 8.32.